The Kier molecular flexibility index (Phi) is 3.36. The molecule has 17 heavy (non-hydrogen) atoms. The normalized spacial score (nSPS) is 19.9. The topological polar surface area (TPSA) is 41.6 Å². The van der Waals surface area contributed by atoms with Crippen LogP contribution >= 0.6 is 0 Å². The van der Waals surface area contributed by atoms with Crippen LogP contribution in [-0.2, 0) is 0 Å². The molecule has 1 unspecified atom stereocenters. The van der Waals surface area contributed by atoms with Crippen LogP contribution < -0.4 is 10.6 Å². The Hall–Kier alpha value is -1.51. The maximum atomic E-state index is 6.00. The zero-order valence-corrected chi connectivity index (χ0v) is 10.9. The first-order chi connectivity index (χ1) is 8.08. The maximum absolute atomic E-state index is 6.00. The van der Waals surface area contributed by atoms with Crippen LogP contribution in [0.25, 0.3) is 0 Å². The van der Waals surface area contributed by atoms with Crippen LogP contribution in [0.4, 0.5) is 5.69 Å². The van der Waals surface area contributed by atoms with Crippen molar-refractivity contribution in [3.63, 3.8) is 0 Å². The summed E-state index contributed by atoms with van der Waals surface area (Å²) >= 11 is 0. The number of hydrogen-bond acceptors (Lipinski definition) is 3. The zero-order chi connectivity index (χ0) is 12.4. The summed E-state index contributed by atoms with van der Waals surface area (Å²) in [5, 5.41) is 0. The second kappa shape index (κ2) is 4.78. The number of rotatable bonds is 3. The van der Waals surface area contributed by atoms with Crippen molar-refractivity contribution in [2.24, 2.45) is 16.6 Å². The predicted molar refractivity (Wildman–Crippen MR) is 73.4 cm³/mol. The third-order valence-corrected chi connectivity index (χ3v) is 3.10. The summed E-state index contributed by atoms with van der Waals surface area (Å²) in [6.07, 6.45) is 1.12. The zero-order valence-electron chi connectivity index (χ0n) is 10.9. The first-order valence-corrected chi connectivity index (χ1v) is 6.23. The van der Waals surface area contributed by atoms with E-state index >= 15 is 0 Å². The highest BCUT2D eigenvalue weighted by Crippen LogP contribution is 2.25. The van der Waals surface area contributed by atoms with Gasteiger partial charge in [-0.15, -0.1) is 0 Å². The van der Waals surface area contributed by atoms with Gasteiger partial charge in [0.1, 0.15) is 0 Å². The Bertz CT molecular complexity index is 423. The number of hydrogen-bond donors (Lipinski definition) is 1. The predicted octanol–water partition coefficient (Wildman–Crippen LogP) is 2.54. The molecule has 1 aromatic carbocycles. The number of anilines is 1. The lowest BCUT2D eigenvalue weighted by molar-refractivity contribution is 0.512. The van der Waals surface area contributed by atoms with E-state index in [4.69, 9.17) is 5.73 Å². The van der Waals surface area contributed by atoms with Gasteiger partial charge >= 0.3 is 0 Å². The highest BCUT2D eigenvalue weighted by molar-refractivity contribution is 5.97. The molecule has 2 rings (SSSR count). The molecule has 1 aliphatic rings. The van der Waals surface area contributed by atoms with Crippen molar-refractivity contribution in [1.29, 1.82) is 0 Å². The molecule has 3 heteroatoms. The summed E-state index contributed by atoms with van der Waals surface area (Å²) in [6, 6.07) is 8.86. The minimum Gasteiger partial charge on any atom is -0.370 e. The molecule has 0 aromatic heterocycles. The van der Waals surface area contributed by atoms with E-state index in [1.54, 1.807) is 0 Å². The molecule has 0 saturated heterocycles. The second-order valence-electron chi connectivity index (χ2n) is 5.19. The lowest BCUT2D eigenvalue weighted by atomic mass is 10.0. The van der Waals surface area contributed by atoms with Gasteiger partial charge < -0.3 is 10.6 Å². The van der Waals surface area contributed by atoms with Gasteiger partial charge in [-0.1, -0.05) is 26.0 Å². The molecule has 0 fully saturated rings. The molecule has 3 nitrogen and oxygen atoms in total. The van der Waals surface area contributed by atoms with Gasteiger partial charge in [0.25, 0.3) is 0 Å². The number of aryl methyl sites for hydroxylation is 1. The molecule has 0 aliphatic carbocycles. The van der Waals surface area contributed by atoms with E-state index in [9.17, 15) is 0 Å². The Morgan fingerprint density at radius 3 is 2.88 bits per heavy atom. The Morgan fingerprint density at radius 1 is 1.47 bits per heavy atom. The largest absolute Gasteiger partial charge is 0.370 e. The van der Waals surface area contributed by atoms with Crippen molar-refractivity contribution >= 4 is 11.6 Å². The van der Waals surface area contributed by atoms with Gasteiger partial charge in [0.2, 0.25) is 0 Å². The first kappa shape index (κ1) is 12.0. The van der Waals surface area contributed by atoms with Crippen molar-refractivity contribution in [2.75, 3.05) is 11.4 Å². The third-order valence-electron chi connectivity index (χ3n) is 3.10. The van der Waals surface area contributed by atoms with Crippen LogP contribution in [0.1, 0.15) is 25.8 Å². The Balaban J connectivity index is 2.24. The summed E-state index contributed by atoms with van der Waals surface area (Å²) in [5.41, 5.74) is 8.42. The maximum Gasteiger partial charge on any atom is 0.196 e. The van der Waals surface area contributed by atoms with Crippen molar-refractivity contribution in [3.05, 3.63) is 29.8 Å². The number of aliphatic imine (C=N–C) groups is 1. The van der Waals surface area contributed by atoms with E-state index in [2.05, 4.69) is 54.9 Å². The summed E-state index contributed by atoms with van der Waals surface area (Å²) in [6.45, 7) is 7.40. The number of benzene rings is 1. The van der Waals surface area contributed by atoms with Crippen LogP contribution in [0.5, 0.6) is 0 Å². The number of nitrogens with two attached hydrogens (primary N) is 1. The summed E-state index contributed by atoms with van der Waals surface area (Å²) in [7, 11) is 0. The molecule has 1 atom stereocenters. The van der Waals surface area contributed by atoms with Crippen molar-refractivity contribution in [1.82, 2.24) is 0 Å². The van der Waals surface area contributed by atoms with Gasteiger partial charge in [-0.2, -0.15) is 0 Å². The Labute approximate surface area is 103 Å². The van der Waals surface area contributed by atoms with Crippen molar-refractivity contribution in [2.45, 2.75) is 33.2 Å². The molecular weight excluding hydrogens is 210 g/mol. The van der Waals surface area contributed by atoms with E-state index in [0.717, 1.165) is 18.7 Å². The molecule has 1 aliphatic heterocycles. The average Bonchev–Trinajstić information content (AvgIpc) is 2.59. The number of guanidine groups is 1. The molecule has 2 N–H and O–H groups in total. The van der Waals surface area contributed by atoms with Crippen LogP contribution in [0, 0.1) is 12.8 Å². The van der Waals surface area contributed by atoms with Gasteiger partial charge in [-0.05, 0) is 37.0 Å². The van der Waals surface area contributed by atoms with Crippen LogP contribution in [0.2, 0.25) is 0 Å². The van der Waals surface area contributed by atoms with Crippen LogP contribution in [-0.4, -0.2) is 18.5 Å². The summed E-state index contributed by atoms with van der Waals surface area (Å²) in [4.78, 5) is 6.55. The van der Waals surface area contributed by atoms with Crippen LogP contribution in [0.3, 0.4) is 0 Å². The monoisotopic (exact) mass is 231 g/mol. The van der Waals surface area contributed by atoms with Gasteiger partial charge in [0.15, 0.2) is 5.96 Å². The fourth-order valence-electron chi connectivity index (χ4n) is 2.39. The molecule has 0 bridgehead atoms. The molecule has 0 radical (unpaired) electrons. The quantitative estimate of drug-likeness (QED) is 0.868. The van der Waals surface area contributed by atoms with Crippen molar-refractivity contribution < 1.29 is 0 Å². The lowest BCUT2D eigenvalue weighted by Crippen LogP contribution is -2.41. The number of nitrogens with zero attached hydrogens (tertiary/aromatic N) is 2. The van der Waals surface area contributed by atoms with Crippen LogP contribution in [0.15, 0.2) is 29.3 Å². The molecule has 0 amide bonds. The van der Waals surface area contributed by atoms with Gasteiger partial charge in [-0.25, -0.2) is 0 Å². The van der Waals surface area contributed by atoms with Crippen molar-refractivity contribution in [3.8, 4) is 0 Å². The average molecular weight is 231 g/mol. The molecule has 92 valence electrons. The molecule has 1 heterocycles. The third kappa shape index (κ3) is 2.60. The highest BCUT2D eigenvalue weighted by Gasteiger charge is 2.27. The Morgan fingerprint density at radius 2 is 2.24 bits per heavy atom. The molecule has 0 spiro atoms. The van der Waals surface area contributed by atoms with Gasteiger partial charge in [0, 0.05) is 5.69 Å². The second-order valence-corrected chi connectivity index (χ2v) is 5.19. The lowest BCUT2D eigenvalue weighted by Gasteiger charge is -2.27. The van der Waals surface area contributed by atoms with E-state index in [1.807, 2.05) is 0 Å². The standard InChI is InChI=1S/C14H21N3/c1-10(2)7-13-9-16-14(15)17(13)12-6-4-5-11(3)8-12/h4-6,8,10,13H,7,9H2,1-3H3,(H2,15,16). The fourth-order valence-corrected chi connectivity index (χ4v) is 2.39. The smallest absolute Gasteiger partial charge is 0.196 e. The molecule has 1 aromatic rings. The minimum absolute atomic E-state index is 0.414. The molecular formula is C14H21N3. The first-order valence-electron chi connectivity index (χ1n) is 6.23. The van der Waals surface area contributed by atoms with E-state index < -0.39 is 0 Å². The van der Waals surface area contributed by atoms with Gasteiger partial charge in [0.05, 0.1) is 12.6 Å². The van der Waals surface area contributed by atoms with E-state index in [-0.39, 0.29) is 0 Å². The fraction of sp³-hybridized carbons (Fsp3) is 0.500. The summed E-state index contributed by atoms with van der Waals surface area (Å²) in [5.74, 6) is 1.31. The highest BCUT2D eigenvalue weighted by atomic mass is 15.3. The minimum atomic E-state index is 0.414. The van der Waals surface area contributed by atoms with E-state index in [1.165, 1.54) is 5.56 Å². The van der Waals surface area contributed by atoms with E-state index in [0.29, 0.717) is 17.9 Å². The van der Waals surface area contributed by atoms with Gasteiger partial charge in [-0.3, -0.25) is 4.99 Å². The SMILES string of the molecule is Cc1cccc(N2C(N)=NCC2CC(C)C)c1. The summed E-state index contributed by atoms with van der Waals surface area (Å²) < 4.78 is 0. The molecule has 0 saturated carbocycles.